The Bertz CT molecular complexity index is 1360. The zero-order valence-electron chi connectivity index (χ0n) is 23.5. The summed E-state index contributed by atoms with van der Waals surface area (Å²) in [5.74, 6) is 2.39. The highest BCUT2D eigenvalue weighted by atomic mass is 16.5. The molecular formula is C30H33NO9. The van der Waals surface area contributed by atoms with E-state index in [4.69, 9.17) is 33.2 Å². The average Bonchev–Trinajstić information content (AvgIpc) is 2.99. The van der Waals surface area contributed by atoms with Crippen molar-refractivity contribution in [1.29, 1.82) is 0 Å². The third-order valence-corrected chi connectivity index (χ3v) is 5.95. The zero-order chi connectivity index (χ0) is 29.2. The van der Waals surface area contributed by atoms with Crippen LogP contribution in [0, 0.1) is 0 Å². The molecule has 3 aromatic carbocycles. The van der Waals surface area contributed by atoms with Crippen molar-refractivity contribution in [1.82, 2.24) is 0 Å². The van der Waals surface area contributed by atoms with Gasteiger partial charge in [0.15, 0.2) is 40.3 Å². The number of benzene rings is 3. The first kappa shape index (κ1) is 29.6. The van der Waals surface area contributed by atoms with E-state index >= 15 is 0 Å². The summed E-state index contributed by atoms with van der Waals surface area (Å²) < 4.78 is 37.5. The first-order valence-electron chi connectivity index (χ1n) is 12.0. The molecule has 0 atom stereocenters. The summed E-state index contributed by atoms with van der Waals surface area (Å²) in [6, 6.07) is 10.1. The van der Waals surface area contributed by atoms with Crippen LogP contribution in [0.5, 0.6) is 46.0 Å². The smallest absolute Gasteiger partial charge is 0.203 e. The molecule has 3 aromatic rings. The van der Waals surface area contributed by atoms with Crippen molar-refractivity contribution in [3.05, 3.63) is 65.4 Å². The highest BCUT2D eigenvalue weighted by Gasteiger charge is 2.17. The van der Waals surface area contributed by atoms with Gasteiger partial charge in [0.2, 0.25) is 11.5 Å². The Labute approximate surface area is 233 Å². The molecule has 3 rings (SSSR count). The molecule has 0 aliphatic rings. The quantitative estimate of drug-likeness (QED) is 0.123. The topological polar surface area (TPSA) is 114 Å². The van der Waals surface area contributed by atoms with E-state index in [1.807, 2.05) is 6.08 Å². The van der Waals surface area contributed by atoms with Gasteiger partial charge in [-0.2, -0.15) is 0 Å². The second-order valence-electron chi connectivity index (χ2n) is 8.13. The van der Waals surface area contributed by atoms with Crippen LogP contribution in [0.4, 0.5) is 5.69 Å². The monoisotopic (exact) mass is 551 g/mol. The lowest BCUT2D eigenvalue weighted by Gasteiger charge is -2.14. The van der Waals surface area contributed by atoms with Gasteiger partial charge in [-0.3, -0.25) is 4.79 Å². The lowest BCUT2D eigenvalue weighted by Crippen LogP contribution is -2.01. The number of ketones is 1. The molecule has 0 aliphatic heterocycles. The molecule has 212 valence electrons. The number of anilines is 1. The molecule has 0 radical (unpaired) electrons. The highest BCUT2D eigenvalue weighted by Crippen LogP contribution is 2.41. The Morgan fingerprint density at radius 2 is 1.18 bits per heavy atom. The molecule has 2 N–H and O–H groups in total. The number of phenolic OH excluding ortho intramolecular Hbond substituents is 1. The van der Waals surface area contributed by atoms with Gasteiger partial charge in [-0.25, -0.2) is 0 Å². The van der Waals surface area contributed by atoms with Crippen LogP contribution in [0.3, 0.4) is 0 Å². The normalized spacial score (nSPS) is 10.9. The maximum atomic E-state index is 12.9. The fourth-order valence-electron chi connectivity index (χ4n) is 3.95. The summed E-state index contributed by atoms with van der Waals surface area (Å²) >= 11 is 0. The molecule has 0 saturated heterocycles. The van der Waals surface area contributed by atoms with E-state index in [0.29, 0.717) is 51.3 Å². The van der Waals surface area contributed by atoms with Gasteiger partial charge in [0.25, 0.3) is 0 Å². The van der Waals surface area contributed by atoms with Crippen LogP contribution in [-0.2, 0) is 0 Å². The van der Waals surface area contributed by atoms with Gasteiger partial charge in [-0.05, 0) is 42.0 Å². The van der Waals surface area contributed by atoms with E-state index in [1.54, 1.807) is 56.7 Å². The zero-order valence-corrected chi connectivity index (χ0v) is 23.5. The summed E-state index contributed by atoms with van der Waals surface area (Å²) in [6.45, 7) is 0. The molecule has 0 saturated carbocycles. The van der Waals surface area contributed by atoms with Crippen LogP contribution >= 0.6 is 0 Å². The van der Waals surface area contributed by atoms with Crippen molar-refractivity contribution < 1.29 is 43.1 Å². The van der Waals surface area contributed by atoms with Crippen molar-refractivity contribution in [2.45, 2.75) is 0 Å². The average molecular weight is 552 g/mol. The van der Waals surface area contributed by atoms with Crippen molar-refractivity contribution >= 4 is 23.6 Å². The number of phenols is 1. The van der Waals surface area contributed by atoms with E-state index in [-0.39, 0.29) is 17.3 Å². The fraction of sp³-hybridized carbons (Fsp3) is 0.233. The SMILES string of the molecule is COc1ccc(C=Cc2cc(OC)c(OC)c(OC)c2)c(NC=CC(=O)c2cc(OC)c(OC)c(OC)c2)c1O. The van der Waals surface area contributed by atoms with Crippen molar-refractivity contribution in [2.24, 2.45) is 0 Å². The molecule has 0 bridgehead atoms. The number of rotatable bonds is 13. The van der Waals surface area contributed by atoms with E-state index in [9.17, 15) is 9.90 Å². The van der Waals surface area contributed by atoms with Gasteiger partial charge in [0.1, 0.15) is 0 Å². The minimum Gasteiger partial charge on any atom is -0.503 e. The first-order chi connectivity index (χ1) is 19.3. The minimum atomic E-state index is -0.330. The number of nitrogens with one attached hydrogen (secondary N) is 1. The Morgan fingerprint density at radius 1 is 0.675 bits per heavy atom. The predicted octanol–water partition coefficient (Wildman–Crippen LogP) is 5.43. The molecule has 10 heteroatoms. The standard InChI is InChI=1S/C30H33NO9/c1-34-22-11-10-19(9-8-18-14-23(35-2)29(39-6)24(15-18)36-3)27(28(22)33)31-13-12-21(32)20-16-25(37-4)30(40-7)26(17-20)38-5/h8-17,31,33H,1-7H3. The molecule has 0 aromatic heterocycles. The molecule has 0 fully saturated rings. The van der Waals surface area contributed by atoms with E-state index < -0.39 is 0 Å². The van der Waals surface area contributed by atoms with Crippen LogP contribution in [-0.4, -0.2) is 60.7 Å². The third kappa shape index (κ3) is 6.35. The second kappa shape index (κ2) is 13.7. The maximum absolute atomic E-state index is 12.9. The number of hydrogen-bond donors (Lipinski definition) is 2. The number of allylic oxidation sites excluding steroid dienone is 1. The summed E-state index contributed by atoms with van der Waals surface area (Å²) in [4.78, 5) is 12.9. The van der Waals surface area contributed by atoms with Gasteiger partial charge < -0.3 is 43.6 Å². The number of carbonyl (C=O) groups excluding carboxylic acids is 1. The molecule has 10 nitrogen and oxygen atoms in total. The molecule has 0 aliphatic carbocycles. The minimum absolute atomic E-state index is 0.126. The molecule has 0 spiro atoms. The summed E-state index contributed by atoms with van der Waals surface area (Å²) in [6.07, 6.45) is 6.36. The van der Waals surface area contributed by atoms with Crippen LogP contribution in [0.1, 0.15) is 21.5 Å². The highest BCUT2D eigenvalue weighted by molar-refractivity contribution is 6.05. The Hall–Kier alpha value is -4.99. The number of methoxy groups -OCH3 is 7. The van der Waals surface area contributed by atoms with Gasteiger partial charge in [-0.1, -0.05) is 12.2 Å². The number of ether oxygens (including phenoxy) is 7. The van der Waals surface area contributed by atoms with Crippen molar-refractivity contribution in [3.63, 3.8) is 0 Å². The first-order valence-corrected chi connectivity index (χ1v) is 12.0. The number of carbonyl (C=O) groups is 1. The third-order valence-electron chi connectivity index (χ3n) is 5.95. The van der Waals surface area contributed by atoms with Crippen LogP contribution in [0.2, 0.25) is 0 Å². The largest absolute Gasteiger partial charge is 0.503 e. The number of aromatic hydroxyl groups is 1. The molecule has 0 heterocycles. The predicted molar refractivity (Wildman–Crippen MR) is 153 cm³/mol. The van der Waals surface area contributed by atoms with Crippen molar-refractivity contribution in [3.8, 4) is 46.0 Å². The lowest BCUT2D eigenvalue weighted by atomic mass is 10.1. The Balaban J connectivity index is 1.93. The molecule has 0 unspecified atom stereocenters. The van der Waals surface area contributed by atoms with E-state index in [0.717, 1.165) is 5.56 Å². The van der Waals surface area contributed by atoms with E-state index in [1.165, 1.54) is 47.8 Å². The number of hydrogen-bond acceptors (Lipinski definition) is 10. The summed E-state index contributed by atoms with van der Waals surface area (Å²) in [5.41, 5.74) is 2.04. The fourth-order valence-corrected chi connectivity index (χ4v) is 3.95. The molecular weight excluding hydrogens is 518 g/mol. The second-order valence-corrected chi connectivity index (χ2v) is 8.13. The Morgan fingerprint density at radius 3 is 1.65 bits per heavy atom. The van der Waals surface area contributed by atoms with Gasteiger partial charge >= 0.3 is 0 Å². The molecule has 40 heavy (non-hydrogen) atoms. The van der Waals surface area contributed by atoms with Gasteiger partial charge in [0.05, 0.1) is 55.5 Å². The summed E-state index contributed by atoms with van der Waals surface area (Å²) in [7, 11) is 10.5. The van der Waals surface area contributed by atoms with Crippen LogP contribution in [0.25, 0.3) is 12.2 Å². The lowest BCUT2D eigenvalue weighted by molar-refractivity contribution is 0.104. The summed E-state index contributed by atoms with van der Waals surface area (Å²) in [5, 5.41) is 13.8. The van der Waals surface area contributed by atoms with E-state index in [2.05, 4.69) is 5.32 Å². The Kier molecular flexibility index (Phi) is 10.1. The van der Waals surface area contributed by atoms with Crippen LogP contribution in [0.15, 0.2) is 48.7 Å². The maximum Gasteiger partial charge on any atom is 0.203 e. The van der Waals surface area contributed by atoms with Gasteiger partial charge in [0, 0.05) is 23.4 Å². The van der Waals surface area contributed by atoms with Crippen LogP contribution < -0.4 is 38.5 Å². The van der Waals surface area contributed by atoms with Crippen molar-refractivity contribution in [2.75, 3.05) is 55.1 Å². The van der Waals surface area contributed by atoms with Gasteiger partial charge in [-0.15, -0.1) is 0 Å². The molecule has 0 amide bonds.